The van der Waals surface area contributed by atoms with Gasteiger partial charge in [0.2, 0.25) is 5.75 Å². The SMILES string of the molecule is COc1cc(C(=O)Nc2cccc(OCc3cc(=O)n4oc(C)cc4n3)c2)cc(OC)c1OC. The highest BCUT2D eigenvalue weighted by Gasteiger charge is 2.17. The molecular weight excluding hydrogens is 442 g/mol. The summed E-state index contributed by atoms with van der Waals surface area (Å²) in [6.07, 6.45) is 0. The highest BCUT2D eigenvalue weighted by atomic mass is 16.5. The minimum atomic E-state index is -0.369. The van der Waals surface area contributed by atoms with Gasteiger partial charge in [-0.1, -0.05) is 6.07 Å². The molecule has 4 aromatic rings. The molecule has 0 atom stereocenters. The molecule has 2 heterocycles. The van der Waals surface area contributed by atoms with Crippen LogP contribution < -0.4 is 29.8 Å². The Morgan fingerprint density at radius 1 is 1.03 bits per heavy atom. The monoisotopic (exact) mass is 465 g/mol. The lowest BCUT2D eigenvalue weighted by Gasteiger charge is -2.14. The second-order valence-electron chi connectivity index (χ2n) is 7.27. The van der Waals surface area contributed by atoms with E-state index in [9.17, 15) is 9.59 Å². The average molecular weight is 465 g/mol. The second-order valence-corrected chi connectivity index (χ2v) is 7.27. The summed E-state index contributed by atoms with van der Waals surface area (Å²) >= 11 is 0. The number of anilines is 1. The number of aryl methyl sites for hydroxylation is 1. The number of hydrogen-bond donors (Lipinski definition) is 1. The molecule has 0 aliphatic carbocycles. The number of carbonyl (C=O) groups excluding carboxylic acids is 1. The van der Waals surface area contributed by atoms with Crippen LogP contribution in [0.1, 0.15) is 21.8 Å². The van der Waals surface area contributed by atoms with E-state index in [2.05, 4.69) is 10.3 Å². The van der Waals surface area contributed by atoms with Crippen molar-refractivity contribution in [2.45, 2.75) is 13.5 Å². The van der Waals surface area contributed by atoms with Crippen molar-refractivity contribution in [2.75, 3.05) is 26.6 Å². The van der Waals surface area contributed by atoms with Gasteiger partial charge in [0.15, 0.2) is 17.1 Å². The minimum absolute atomic E-state index is 0.0697. The third-order valence-electron chi connectivity index (χ3n) is 4.93. The van der Waals surface area contributed by atoms with Crippen LogP contribution in [0.15, 0.2) is 57.8 Å². The van der Waals surface area contributed by atoms with E-state index >= 15 is 0 Å². The summed E-state index contributed by atoms with van der Waals surface area (Å²) in [4.78, 5) is 29.4. The van der Waals surface area contributed by atoms with Gasteiger partial charge in [-0.3, -0.25) is 9.59 Å². The fourth-order valence-corrected chi connectivity index (χ4v) is 3.38. The quantitative estimate of drug-likeness (QED) is 0.421. The molecule has 0 spiro atoms. The van der Waals surface area contributed by atoms with Crippen LogP contribution in [-0.4, -0.2) is 36.8 Å². The Morgan fingerprint density at radius 3 is 2.44 bits per heavy atom. The number of rotatable bonds is 8. The lowest BCUT2D eigenvalue weighted by molar-refractivity contribution is 0.102. The molecular formula is C24H23N3O7. The van der Waals surface area contributed by atoms with Gasteiger partial charge in [-0.2, -0.15) is 0 Å². The lowest BCUT2D eigenvalue weighted by atomic mass is 10.1. The Balaban J connectivity index is 1.49. The van der Waals surface area contributed by atoms with Crippen molar-refractivity contribution in [1.82, 2.24) is 9.56 Å². The summed E-state index contributed by atoms with van der Waals surface area (Å²) in [5.41, 5.74) is 1.38. The molecule has 0 fully saturated rings. The van der Waals surface area contributed by atoms with E-state index in [0.29, 0.717) is 51.4 Å². The maximum Gasteiger partial charge on any atom is 0.287 e. The summed E-state index contributed by atoms with van der Waals surface area (Å²) in [5, 5.41) is 2.82. The fraction of sp³-hybridized carbons (Fsp3) is 0.208. The van der Waals surface area contributed by atoms with Crippen LogP contribution in [-0.2, 0) is 6.61 Å². The van der Waals surface area contributed by atoms with Crippen molar-refractivity contribution in [3.63, 3.8) is 0 Å². The number of aromatic nitrogens is 2. The molecule has 0 saturated carbocycles. The largest absolute Gasteiger partial charge is 0.493 e. The van der Waals surface area contributed by atoms with Crippen LogP contribution in [0.4, 0.5) is 5.69 Å². The van der Waals surface area contributed by atoms with E-state index in [0.717, 1.165) is 4.57 Å². The fourth-order valence-electron chi connectivity index (χ4n) is 3.38. The summed E-state index contributed by atoms with van der Waals surface area (Å²) < 4.78 is 28.1. The number of nitrogens with zero attached hydrogens (tertiary/aromatic N) is 2. The van der Waals surface area contributed by atoms with Gasteiger partial charge in [-0.15, -0.1) is 4.57 Å². The molecule has 10 nitrogen and oxygen atoms in total. The number of hydrogen-bond acceptors (Lipinski definition) is 8. The van der Waals surface area contributed by atoms with E-state index in [1.807, 2.05) is 0 Å². The molecule has 176 valence electrons. The minimum Gasteiger partial charge on any atom is -0.493 e. The molecule has 4 rings (SSSR count). The molecule has 1 amide bonds. The predicted octanol–water partition coefficient (Wildman–Crippen LogP) is 3.45. The van der Waals surface area contributed by atoms with Gasteiger partial charge in [-0.05, 0) is 31.2 Å². The van der Waals surface area contributed by atoms with Crippen LogP contribution in [0, 0.1) is 6.92 Å². The van der Waals surface area contributed by atoms with Gasteiger partial charge >= 0.3 is 0 Å². The molecule has 34 heavy (non-hydrogen) atoms. The number of benzene rings is 2. The number of carbonyl (C=O) groups is 1. The topological polar surface area (TPSA) is 114 Å². The van der Waals surface area contributed by atoms with Crippen molar-refractivity contribution in [3.8, 4) is 23.0 Å². The maximum absolute atomic E-state index is 12.8. The van der Waals surface area contributed by atoms with Gasteiger partial charge in [-0.25, -0.2) is 4.98 Å². The third kappa shape index (κ3) is 4.65. The van der Waals surface area contributed by atoms with Gasteiger partial charge in [0.25, 0.3) is 11.5 Å². The maximum atomic E-state index is 12.8. The smallest absolute Gasteiger partial charge is 0.287 e. The van der Waals surface area contributed by atoms with E-state index in [4.69, 9.17) is 23.5 Å². The zero-order chi connectivity index (χ0) is 24.2. The third-order valence-corrected chi connectivity index (χ3v) is 4.93. The van der Waals surface area contributed by atoms with Crippen LogP contribution in [0.25, 0.3) is 5.65 Å². The summed E-state index contributed by atoms with van der Waals surface area (Å²) in [6.45, 7) is 1.81. The predicted molar refractivity (Wildman–Crippen MR) is 123 cm³/mol. The van der Waals surface area contributed by atoms with Crippen LogP contribution in [0.2, 0.25) is 0 Å². The standard InChI is InChI=1S/C24H23N3O7/c1-14-8-21-25-17(12-22(28)27(21)34-14)13-33-18-7-5-6-16(11-18)26-24(29)15-9-19(30-2)23(32-4)20(10-15)31-3/h5-12H,13H2,1-4H3,(H,26,29). The first-order valence-corrected chi connectivity index (χ1v) is 10.3. The van der Waals surface area contributed by atoms with E-state index in [1.54, 1.807) is 49.4 Å². The molecule has 0 radical (unpaired) electrons. The van der Waals surface area contributed by atoms with Crippen LogP contribution >= 0.6 is 0 Å². The molecule has 2 aromatic carbocycles. The van der Waals surface area contributed by atoms with Crippen molar-refractivity contribution < 1.29 is 28.3 Å². The number of ether oxygens (including phenoxy) is 4. The Hall–Kier alpha value is -4.47. The molecule has 0 bridgehead atoms. The Bertz CT molecular complexity index is 1380. The number of methoxy groups -OCH3 is 3. The Labute approximate surface area is 194 Å². The first-order valence-electron chi connectivity index (χ1n) is 10.3. The molecule has 0 aliphatic heterocycles. The lowest BCUT2D eigenvalue weighted by Crippen LogP contribution is -2.14. The van der Waals surface area contributed by atoms with Crippen molar-refractivity contribution in [3.05, 3.63) is 75.9 Å². The Morgan fingerprint density at radius 2 is 1.76 bits per heavy atom. The zero-order valence-electron chi connectivity index (χ0n) is 19.1. The molecule has 2 aromatic heterocycles. The summed E-state index contributed by atoms with van der Waals surface area (Å²) in [6, 6.07) is 13.0. The van der Waals surface area contributed by atoms with Crippen LogP contribution in [0.3, 0.4) is 0 Å². The van der Waals surface area contributed by atoms with Crippen molar-refractivity contribution in [2.24, 2.45) is 0 Å². The highest BCUT2D eigenvalue weighted by molar-refractivity contribution is 6.05. The molecule has 10 heteroatoms. The van der Waals surface area contributed by atoms with Gasteiger partial charge in [0.05, 0.1) is 27.0 Å². The molecule has 0 aliphatic rings. The molecule has 0 unspecified atom stereocenters. The van der Waals surface area contributed by atoms with Crippen molar-refractivity contribution >= 4 is 17.2 Å². The zero-order valence-corrected chi connectivity index (χ0v) is 19.1. The second kappa shape index (κ2) is 9.57. The normalized spacial score (nSPS) is 10.7. The molecule has 0 saturated heterocycles. The van der Waals surface area contributed by atoms with Gasteiger partial charge in [0.1, 0.15) is 18.1 Å². The van der Waals surface area contributed by atoms with E-state index in [1.165, 1.54) is 27.4 Å². The summed E-state index contributed by atoms with van der Waals surface area (Å²) in [7, 11) is 4.45. The number of fused-ring (bicyclic) bond motifs is 1. The van der Waals surface area contributed by atoms with E-state index in [-0.39, 0.29) is 18.1 Å². The van der Waals surface area contributed by atoms with Crippen LogP contribution in [0.5, 0.6) is 23.0 Å². The number of nitrogens with one attached hydrogen (secondary N) is 1. The van der Waals surface area contributed by atoms with Gasteiger partial charge in [0, 0.05) is 29.4 Å². The average Bonchev–Trinajstić information content (AvgIpc) is 3.22. The van der Waals surface area contributed by atoms with Crippen molar-refractivity contribution in [1.29, 1.82) is 0 Å². The number of amides is 1. The first-order chi connectivity index (χ1) is 16.4. The first kappa shape index (κ1) is 22.7. The highest BCUT2D eigenvalue weighted by Crippen LogP contribution is 2.38. The Kier molecular flexibility index (Phi) is 6.39. The van der Waals surface area contributed by atoms with E-state index < -0.39 is 0 Å². The van der Waals surface area contributed by atoms with Gasteiger partial charge < -0.3 is 28.8 Å². The molecule has 1 N–H and O–H groups in total. The summed E-state index contributed by atoms with van der Waals surface area (Å²) in [5.74, 6) is 1.85.